The van der Waals surface area contributed by atoms with Crippen molar-refractivity contribution in [3.8, 4) is 5.75 Å². The number of methoxy groups -OCH3 is 1. The van der Waals surface area contributed by atoms with Crippen molar-refractivity contribution < 1.29 is 14.3 Å². The molecule has 1 aromatic carbocycles. The van der Waals surface area contributed by atoms with Crippen molar-refractivity contribution in [3.63, 3.8) is 0 Å². The number of benzene rings is 1. The molecular formula is C18H22N4O3. The van der Waals surface area contributed by atoms with Crippen LogP contribution in [0.15, 0.2) is 36.5 Å². The molecule has 2 amide bonds. The lowest BCUT2D eigenvalue weighted by Crippen LogP contribution is -2.43. The molecule has 3 rings (SSSR count). The van der Waals surface area contributed by atoms with Gasteiger partial charge in [-0.1, -0.05) is 12.1 Å². The first-order valence-electron chi connectivity index (χ1n) is 8.24. The Balaban J connectivity index is 1.71. The van der Waals surface area contributed by atoms with Crippen LogP contribution in [-0.4, -0.2) is 47.2 Å². The topological polar surface area (TPSA) is 76.5 Å². The molecule has 1 aliphatic rings. The molecule has 25 heavy (non-hydrogen) atoms. The minimum absolute atomic E-state index is 0.0412. The highest BCUT2D eigenvalue weighted by Gasteiger charge is 2.29. The van der Waals surface area contributed by atoms with Crippen molar-refractivity contribution in [1.29, 1.82) is 0 Å². The van der Waals surface area contributed by atoms with E-state index in [4.69, 9.17) is 4.74 Å². The van der Waals surface area contributed by atoms with Crippen molar-refractivity contribution in [2.75, 3.05) is 20.7 Å². The second-order valence-corrected chi connectivity index (χ2v) is 6.10. The summed E-state index contributed by atoms with van der Waals surface area (Å²) in [6, 6.07) is 9.24. The molecule has 1 N–H and O–H groups in total. The molecule has 132 valence electrons. The minimum atomic E-state index is -0.140. The van der Waals surface area contributed by atoms with Gasteiger partial charge in [0.2, 0.25) is 11.8 Å². The van der Waals surface area contributed by atoms with Crippen LogP contribution in [0.3, 0.4) is 0 Å². The van der Waals surface area contributed by atoms with Crippen LogP contribution in [0.5, 0.6) is 5.75 Å². The summed E-state index contributed by atoms with van der Waals surface area (Å²) >= 11 is 0. The Bertz CT molecular complexity index is 754. The number of fused-ring (bicyclic) bond motifs is 1. The van der Waals surface area contributed by atoms with Gasteiger partial charge >= 0.3 is 0 Å². The lowest BCUT2D eigenvalue weighted by molar-refractivity contribution is -0.133. The van der Waals surface area contributed by atoms with Gasteiger partial charge in [-0.2, -0.15) is 5.10 Å². The molecule has 7 heteroatoms. The SMILES string of the molecule is CNC(=O)CC1CN(C(=O)Cc2ccc(OC)cc2)Cc2ccnn21. The van der Waals surface area contributed by atoms with Crippen LogP contribution < -0.4 is 10.1 Å². The molecule has 2 heterocycles. The highest BCUT2D eigenvalue weighted by Crippen LogP contribution is 2.24. The van der Waals surface area contributed by atoms with Gasteiger partial charge in [-0.25, -0.2) is 0 Å². The van der Waals surface area contributed by atoms with Crippen molar-refractivity contribution in [1.82, 2.24) is 20.0 Å². The monoisotopic (exact) mass is 342 g/mol. The Morgan fingerprint density at radius 1 is 1.28 bits per heavy atom. The molecule has 1 aromatic heterocycles. The summed E-state index contributed by atoms with van der Waals surface area (Å²) in [7, 11) is 3.23. The molecule has 0 bridgehead atoms. The number of amides is 2. The number of aromatic nitrogens is 2. The maximum Gasteiger partial charge on any atom is 0.227 e. The van der Waals surface area contributed by atoms with E-state index in [2.05, 4.69) is 10.4 Å². The maximum atomic E-state index is 12.7. The molecule has 0 saturated heterocycles. The van der Waals surface area contributed by atoms with Gasteiger partial charge in [-0.15, -0.1) is 0 Å². The van der Waals surface area contributed by atoms with Crippen molar-refractivity contribution in [3.05, 3.63) is 47.8 Å². The van der Waals surface area contributed by atoms with E-state index in [-0.39, 0.29) is 17.9 Å². The summed E-state index contributed by atoms with van der Waals surface area (Å²) in [4.78, 5) is 26.3. The Labute approximate surface area is 146 Å². The largest absolute Gasteiger partial charge is 0.497 e. The van der Waals surface area contributed by atoms with Crippen LogP contribution in [0.2, 0.25) is 0 Å². The van der Waals surface area contributed by atoms with Crippen molar-refractivity contribution >= 4 is 11.8 Å². The van der Waals surface area contributed by atoms with E-state index < -0.39 is 0 Å². The van der Waals surface area contributed by atoms with Crippen LogP contribution in [0.4, 0.5) is 0 Å². The highest BCUT2D eigenvalue weighted by atomic mass is 16.5. The number of hydrogen-bond acceptors (Lipinski definition) is 4. The number of carbonyl (C=O) groups is 2. The fraction of sp³-hybridized carbons (Fsp3) is 0.389. The number of rotatable bonds is 5. The maximum absolute atomic E-state index is 12.7. The zero-order valence-corrected chi connectivity index (χ0v) is 14.4. The second kappa shape index (κ2) is 7.38. The summed E-state index contributed by atoms with van der Waals surface area (Å²) in [6.45, 7) is 0.996. The molecular weight excluding hydrogens is 320 g/mol. The molecule has 0 radical (unpaired) electrons. The second-order valence-electron chi connectivity index (χ2n) is 6.10. The van der Waals surface area contributed by atoms with E-state index in [1.807, 2.05) is 35.0 Å². The normalized spacial score (nSPS) is 16.2. The molecule has 0 spiro atoms. The molecule has 7 nitrogen and oxygen atoms in total. The molecule has 0 aliphatic carbocycles. The Kier molecular flexibility index (Phi) is 5.02. The van der Waals surface area contributed by atoms with Crippen molar-refractivity contribution in [2.45, 2.75) is 25.4 Å². The molecule has 2 aromatic rings. The van der Waals surface area contributed by atoms with Gasteiger partial charge in [0.1, 0.15) is 5.75 Å². The van der Waals surface area contributed by atoms with E-state index in [0.29, 0.717) is 25.9 Å². The molecule has 0 saturated carbocycles. The first-order chi connectivity index (χ1) is 12.1. The van der Waals surface area contributed by atoms with Gasteiger partial charge in [0.25, 0.3) is 0 Å². The average molecular weight is 342 g/mol. The van der Waals surface area contributed by atoms with Gasteiger partial charge in [-0.3, -0.25) is 14.3 Å². The minimum Gasteiger partial charge on any atom is -0.497 e. The number of hydrogen-bond donors (Lipinski definition) is 1. The highest BCUT2D eigenvalue weighted by molar-refractivity contribution is 5.79. The lowest BCUT2D eigenvalue weighted by atomic mass is 10.1. The quantitative estimate of drug-likeness (QED) is 0.884. The summed E-state index contributed by atoms with van der Waals surface area (Å²) in [5.41, 5.74) is 1.89. The van der Waals surface area contributed by atoms with E-state index in [9.17, 15) is 9.59 Å². The first-order valence-corrected chi connectivity index (χ1v) is 8.24. The van der Waals surface area contributed by atoms with Crippen LogP contribution in [0.1, 0.15) is 23.7 Å². The van der Waals surface area contributed by atoms with E-state index in [1.165, 1.54) is 0 Å². The standard InChI is InChI=1S/C18H22N4O3/c1-19-17(23)10-15-12-21(11-14-7-8-20-22(14)15)18(24)9-13-3-5-16(25-2)6-4-13/h3-8,15H,9-12H2,1-2H3,(H,19,23). The zero-order valence-electron chi connectivity index (χ0n) is 14.4. The number of nitrogens with zero attached hydrogens (tertiary/aromatic N) is 3. The van der Waals surface area contributed by atoms with Gasteiger partial charge in [0.15, 0.2) is 0 Å². The summed E-state index contributed by atoms with van der Waals surface area (Å²) in [5, 5.41) is 6.94. The summed E-state index contributed by atoms with van der Waals surface area (Å²) < 4.78 is 6.99. The van der Waals surface area contributed by atoms with Crippen LogP contribution in [0.25, 0.3) is 0 Å². The third kappa shape index (κ3) is 3.81. The van der Waals surface area contributed by atoms with Crippen LogP contribution in [0, 0.1) is 0 Å². The Morgan fingerprint density at radius 3 is 2.72 bits per heavy atom. The van der Waals surface area contributed by atoms with E-state index in [0.717, 1.165) is 17.0 Å². The smallest absolute Gasteiger partial charge is 0.227 e. The molecule has 1 atom stereocenters. The van der Waals surface area contributed by atoms with Gasteiger partial charge in [0, 0.05) is 19.8 Å². The molecule has 1 unspecified atom stereocenters. The third-order valence-corrected chi connectivity index (χ3v) is 4.45. The molecule has 0 fully saturated rings. The first kappa shape index (κ1) is 17.0. The Morgan fingerprint density at radius 2 is 2.04 bits per heavy atom. The fourth-order valence-corrected chi connectivity index (χ4v) is 3.07. The molecule has 1 aliphatic heterocycles. The van der Waals surface area contributed by atoms with E-state index >= 15 is 0 Å². The number of carbonyl (C=O) groups excluding carboxylic acids is 2. The fourth-order valence-electron chi connectivity index (χ4n) is 3.07. The van der Waals surface area contributed by atoms with Gasteiger partial charge in [-0.05, 0) is 23.8 Å². The Hall–Kier alpha value is -2.83. The number of nitrogens with one attached hydrogen (secondary N) is 1. The van der Waals surface area contributed by atoms with Crippen LogP contribution in [-0.2, 0) is 22.6 Å². The van der Waals surface area contributed by atoms with E-state index in [1.54, 1.807) is 25.3 Å². The zero-order chi connectivity index (χ0) is 17.8. The lowest BCUT2D eigenvalue weighted by Gasteiger charge is -2.33. The summed E-state index contributed by atoms with van der Waals surface area (Å²) in [5.74, 6) is 0.749. The predicted molar refractivity (Wildman–Crippen MR) is 92.1 cm³/mol. The predicted octanol–water partition coefficient (Wildman–Crippen LogP) is 1.15. The third-order valence-electron chi connectivity index (χ3n) is 4.45. The summed E-state index contributed by atoms with van der Waals surface area (Å²) in [6.07, 6.45) is 2.34. The average Bonchev–Trinajstić information content (AvgIpc) is 3.11. The number of ether oxygens (including phenoxy) is 1. The van der Waals surface area contributed by atoms with Crippen LogP contribution >= 0.6 is 0 Å². The van der Waals surface area contributed by atoms with Gasteiger partial charge < -0.3 is 15.0 Å². The van der Waals surface area contributed by atoms with Gasteiger partial charge in [0.05, 0.1) is 38.2 Å². The van der Waals surface area contributed by atoms with Crippen molar-refractivity contribution in [2.24, 2.45) is 0 Å².